The van der Waals surface area contributed by atoms with Crippen LogP contribution in [0.4, 0.5) is 0 Å². The van der Waals surface area contributed by atoms with Gasteiger partial charge in [-0.25, -0.2) is 0 Å². The predicted molar refractivity (Wildman–Crippen MR) is 97.4 cm³/mol. The van der Waals surface area contributed by atoms with E-state index in [1.54, 1.807) is 43.6 Å². The van der Waals surface area contributed by atoms with Gasteiger partial charge in [-0.3, -0.25) is 9.59 Å². The highest BCUT2D eigenvalue weighted by atomic mass is 79.9. The van der Waals surface area contributed by atoms with Crippen LogP contribution in [-0.4, -0.2) is 30.8 Å². The average Bonchev–Trinajstić information content (AvgIpc) is 2.96. The van der Waals surface area contributed by atoms with E-state index in [9.17, 15) is 9.59 Å². The van der Waals surface area contributed by atoms with Gasteiger partial charge in [0.2, 0.25) is 5.91 Å². The Labute approximate surface area is 147 Å². The molecule has 0 aliphatic rings. The van der Waals surface area contributed by atoms with Crippen molar-refractivity contribution in [3.63, 3.8) is 0 Å². The molecule has 23 heavy (non-hydrogen) atoms. The number of hydrogen-bond acceptors (Lipinski definition) is 3. The fraction of sp³-hybridized carbons (Fsp3) is 0.176. The van der Waals surface area contributed by atoms with E-state index in [1.807, 2.05) is 24.3 Å². The van der Waals surface area contributed by atoms with Gasteiger partial charge < -0.3 is 10.2 Å². The number of benzene rings is 1. The molecule has 0 atom stereocenters. The number of halogens is 1. The molecule has 120 valence electrons. The molecular formula is C17H17BrN2O2S. The Morgan fingerprint density at radius 2 is 1.87 bits per heavy atom. The highest BCUT2D eigenvalue weighted by Gasteiger charge is 2.07. The van der Waals surface area contributed by atoms with E-state index in [2.05, 4.69) is 21.2 Å². The van der Waals surface area contributed by atoms with E-state index < -0.39 is 0 Å². The van der Waals surface area contributed by atoms with Crippen LogP contribution >= 0.6 is 27.3 Å². The van der Waals surface area contributed by atoms with Gasteiger partial charge >= 0.3 is 0 Å². The highest BCUT2D eigenvalue weighted by molar-refractivity contribution is 9.11. The standard InChI is InChI=1S/C17H17BrN2O2S/c1-20(2)17(22)13-5-3-12(4-6-13)11-19-16(21)10-8-14-7-9-15(18)23-14/h3-10H,11H2,1-2H3,(H,19,21)/b10-8+. The molecule has 0 bridgehead atoms. The first-order valence-corrected chi connectivity index (χ1v) is 8.58. The zero-order chi connectivity index (χ0) is 16.8. The van der Waals surface area contributed by atoms with Gasteiger partial charge in [0.25, 0.3) is 5.91 Å². The summed E-state index contributed by atoms with van der Waals surface area (Å²) in [7, 11) is 3.43. The van der Waals surface area contributed by atoms with Crippen LogP contribution in [0, 0.1) is 0 Å². The number of hydrogen-bond donors (Lipinski definition) is 1. The van der Waals surface area contributed by atoms with Gasteiger partial charge in [0.05, 0.1) is 3.79 Å². The predicted octanol–water partition coefficient (Wildman–Crippen LogP) is 3.54. The first-order valence-electron chi connectivity index (χ1n) is 6.97. The molecule has 1 aromatic carbocycles. The van der Waals surface area contributed by atoms with Crippen LogP contribution in [-0.2, 0) is 11.3 Å². The molecule has 0 aliphatic carbocycles. The molecule has 0 radical (unpaired) electrons. The van der Waals surface area contributed by atoms with Gasteiger partial charge in [0.15, 0.2) is 0 Å². The monoisotopic (exact) mass is 392 g/mol. The SMILES string of the molecule is CN(C)C(=O)c1ccc(CNC(=O)/C=C/c2ccc(Br)s2)cc1. The second-order valence-electron chi connectivity index (χ2n) is 5.09. The zero-order valence-electron chi connectivity index (χ0n) is 12.9. The summed E-state index contributed by atoms with van der Waals surface area (Å²) in [4.78, 5) is 26.1. The number of rotatable bonds is 5. The van der Waals surface area contributed by atoms with Gasteiger partial charge in [0, 0.05) is 37.2 Å². The molecule has 0 saturated carbocycles. The molecule has 0 saturated heterocycles. The summed E-state index contributed by atoms with van der Waals surface area (Å²) in [5, 5.41) is 2.82. The second kappa shape index (κ2) is 8.08. The summed E-state index contributed by atoms with van der Waals surface area (Å²) in [6.07, 6.45) is 3.30. The van der Waals surface area contributed by atoms with E-state index in [-0.39, 0.29) is 11.8 Å². The van der Waals surface area contributed by atoms with Crippen LogP contribution in [0.1, 0.15) is 20.8 Å². The molecular weight excluding hydrogens is 376 g/mol. The first kappa shape index (κ1) is 17.4. The molecule has 1 N–H and O–H groups in total. The van der Waals surface area contributed by atoms with E-state index in [4.69, 9.17) is 0 Å². The summed E-state index contributed by atoms with van der Waals surface area (Å²) in [5.41, 5.74) is 1.58. The summed E-state index contributed by atoms with van der Waals surface area (Å²) in [5.74, 6) is -0.186. The van der Waals surface area contributed by atoms with Crippen molar-refractivity contribution in [1.29, 1.82) is 0 Å². The minimum absolute atomic E-state index is 0.0365. The molecule has 0 unspecified atom stereocenters. The number of carbonyl (C=O) groups is 2. The molecule has 4 nitrogen and oxygen atoms in total. The van der Waals surface area contributed by atoms with Crippen molar-refractivity contribution in [2.45, 2.75) is 6.54 Å². The average molecular weight is 393 g/mol. The van der Waals surface area contributed by atoms with Crippen molar-refractivity contribution < 1.29 is 9.59 Å². The van der Waals surface area contributed by atoms with E-state index >= 15 is 0 Å². The summed E-state index contributed by atoms with van der Waals surface area (Å²) in [6, 6.07) is 11.1. The van der Waals surface area contributed by atoms with Crippen LogP contribution in [0.5, 0.6) is 0 Å². The molecule has 1 aromatic heterocycles. The minimum Gasteiger partial charge on any atom is -0.348 e. The molecule has 0 spiro atoms. The molecule has 2 aromatic rings. The van der Waals surface area contributed by atoms with E-state index in [0.717, 1.165) is 14.2 Å². The van der Waals surface area contributed by atoms with E-state index in [1.165, 1.54) is 11.0 Å². The van der Waals surface area contributed by atoms with Crippen molar-refractivity contribution >= 4 is 45.2 Å². The molecule has 6 heteroatoms. The normalized spacial score (nSPS) is 10.7. The number of thiophene rings is 1. The van der Waals surface area contributed by atoms with E-state index in [0.29, 0.717) is 12.1 Å². The van der Waals surface area contributed by atoms with Crippen molar-refractivity contribution in [3.8, 4) is 0 Å². The smallest absolute Gasteiger partial charge is 0.253 e. The lowest BCUT2D eigenvalue weighted by atomic mass is 10.1. The maximum absolute atomic E-state index is 11.8. The van der Waals surface area contributed by atoms with Gasteiger partial charge in [0.1, 0.15) is 0 Å². The fourth-order valence-corrected chi connectivity index (χ4v) is 3.17. The summed E-state index contributed by atoms with van der Waals surface area (Å²) in [6.45, 7) is 0.424. The van der Waals surface area contributed by atoms with Gasteiger partial charge in [-0.15, -0.1) is 11.3 Å². The molecule has 0 fully saturated rings. The van der Waals surface area contributed by atoms with Crippen LogP contribution in [0.3, 0.4) is 0 Å². The Bertz CT molecular complexity index is 720. The second-order valence-corrected chi connectivity index (χ2v) is 7.58. The Kier molecular flexibility index (Phi) is 6.12. The fourth-order valence-electron chi connectivity index (χ4n) is 1.85. The Hall–Kier alpha value is -1.92. The third kappa shape index (κ3) is 5.33. The third-order valence-electron chi connectivity index (χ3n) is 3.07. The van der Waals surface area contributed by atoms with Gasteiger partial charge in [-0.05, 0) is 51.8 Å². The summed E-state index contributed by atoms with van der Waals surface area (Å²) >= 11 is 4.95. The van der Waals surface area contributed by atoms with Crippen molar-refractivity contribution in [2.75, 3.05) is 14.1 Å². The highest BCUT2D eigenvalue weighted by Crippen LogP contribution is 2.22. The Balaban J connectivity index is 1.87. The molecule has 2 amide bonds. The van der Waals surface area contributed by atoms with Crippen LogP contribution < -0.4 is 5.32 Å². The lowest BCUT2D eigenvalue weighted by Crippen LogP contribution is -2.22. The maximum atomic E-state index is 11.8. The maximum Gasteiger partial charge on any atom is 0.253 e. The largest absolute Gasteiger partial charge is 0.348 e. The number of nitrogens with zero attached hydrogens (tertiary/aromatic N) is 1. The number of amides is 2. The molecule has 1 heterocycles. The Morgan fingerprint density at radius 1 is 1.17 bits per heavy atom. The van der Waals surface area contributed by atoms with Crippen LogP contribution in [0.2, 0.25) is 0 Å². The quantitative estimate of drug-likeness (QED) is 0.790. The topological polar surface area (TPSA) is 49.4 Å². The van der Waals surface area contributed by atoms with Crippen molar-refractivity contribution in [3.05, 3.63) is 62.3 Å². The minimum atomic E-state index is -0.150. The molecule has 2 rings (SSSR count). The van der Waals surface area contributed by atoms with Crippen LogP contribution in [0.25, 0.3) is 6.08 Å². The zero-order valence-corrected chi connectivity index (χ0v) is 15.3. The van der Waals surface area contributed by atoms with Crippen LogP contribution in [0.15, 0.2) is 46.3 Å². The van der Waals surface area contributed by atoms with Gasteiger partial charge in [-0.2, -0.15) is 0 Å². The number of nitrogens with one attached hydrogen (secondary N) is 1. The van der Waals surface area contributed by atoms with Gasteiger partial charge in [-0.1, -0.05) is 12.1 Å². The van der Waals surface area contributed by atoms with Crippen molar-refractivity contribution in [1.82, 2.24) is 10.2 Å². The Morgan fingerprint density at radius 3 is 2.43 bits per heavy atom. The number of carbonyl (C=O) groups excluding carboxylic acids is 2. The first-order chi connectivity index (χ1) is 11.0. The summed E-state index contributed by atoms with van der Waals surface area (Å²) < 4.78 is 1.03. The molecule has 0 aliphatic heterocycles. The third-order valence-corrected chi connectivity index (χ3v) is 4.66. The van der Waals surface area contributed by atoms with Crippen molar-refractivity contribution in [2.24, 2.45) is 0 Å². The lowest BCUT2D eigenvalue weighted by molar-refractivity contribution is -0.116. The lowest BCUT2D eigenvalue weighted by Gasteiger charge is -2.10.